The van der Waals surface area contributed by atoms with Gasteiger partial charge >= 0.3 is 0 Å². The molecule has 1 saturated heterocycles. The van der Waals surface area contributed by atoms with Crippen LogP contribution in [0, 0.1) is 5.82 Å². The molecule has 0 saturated carbocycles. The number of pyridine rings is 1. The highest BCUT2D eigenvalue weighted by molar-refractivity contribution is 5.77. The molecule has 0 unspecified atom stereocenters. The average Bonchev–Trinajstić information content (AvgIpc) is 3.11. The van der Waals surface area contributed by atoms with Crippen molar-refractivity contribution in [3.8, 4) is 5.75 Å². The number of fused-ring (bicyclic) bond motifs is 1. The van der Waals surface area contributed by atoms with Gasteiger partial charge in [0.15, 0.2) is 12.3 Å². The number of piperidine rings is 1. The fourth-order valence-corrected chi connectivity index (χ4v) is 3.29. The largest absolute Gasteiger partial charge is 0.484 e. The number of rotatable bonds is 4. The van der Waals surface area contributed by atoms with Crippen molar-refractivity contribution < 1.29 is 13.9 Å². The summed E-state index contributed by atoms with van der Waals surface area (Å²) in [5.74, 6) is 1.35. The first-order valence-electron chi connectivity index (χ1n) is 8.66. The molecule has 3 heterocycles. The minimum Gasteiger partial charge on any atom is -0.484 e. The van der Waals surface area contributed by atoms with Crippen LogP contribution in [0.3, 0.4) is 0 Å². The lowest BCUT2D eigenvalue weighted by atomic mass is 9.96. The summed E-state index contributed by atoms with van der Waals surface area (Å²) in [7, 11) is 0. The van der Waals surface area contributed by atoms with Crippen LogP contribution < -0.4 is 4.74 Å². The highest BCUT2D eigenvalue weighted by Gasteiger charge is 2.26. The Morgan fingerprint density at radius 1 is 1.12 bits per heavy atom. The van der Waals surface area contributed by atoms with Gasteiger partial charge in [-0.3, -0.25) is 9.20 Å². The number of hydrogen-bond donors (Lipinski definition) is 0. The van der Waals surface area contributed by atoms with Crippen molar-refractivity contribution in [2.45, 2.75) is 18.8 Å². The number of amides is 1. The van der Waals surface area contributed by atoms with E-state index in [1.165, 1.54) is 24.3 Å². The molecule has 6 nitrogen and oxygen atoms in total. The van der Waals surface area contributed by atoms with Gasteiger partial charge in [-0.2, -0.15) is 0 Å². The van der Waals surface area contributed by atoms with Crippen molar-refractivity contribution in [1.29, 1.82) is 0 Å². The Morgan fingerprint density at radius 2 is 1.88 bits per heavy atom. The third-order valence-corrected chi connectivity index (χ3v) is 4.73. The molecule has 1 aliphatic heterocycles. The third kappa shape index (κ3) is 3.37. The molecule has 0 bridgehead atoms. The second kappa shape index (κ2) is 7.11. The van der Waals surface area contributed by atoms with Crippen LogP contribution in [0.5, 0.6) is 5.75 Å². The van der Waals surface area contributed by atoms with E-state index in [0.717, 1.165) is 24.3 Å². The van der Waals surface area contributed by atoms with Crippen molar-refractivity contribution in [1.82, 2.24) is 19.5 Å². The molecule has 134 valence electrons. The SMILES string of the molecule is O=C(COc1ccc(F)cc1)N1CCC(c2nnc3ccccn23)CC1. The Labute approximate surface area is 150 Å². The summed E-state index contributed by atoms with van der Waals surface area (Å²) >= 11 is 0. The summed E-state index contributed by atoms with van der Waals surface area (Å²) in [4.78, 5) is 14.1. The van der Waals surface area contributed by atoms with E-state index in [1.807, 2.05) is 33.7 Å². The van der Waals surface area contributed by atoms with E-state index >= 15 is 0 Å². The molecule has 4 rings (SSSR count). The van der Waals surface area contributed by atoms with Crippen molar-refractivity contribution in [3.05, 3.63) is 60.3 Å². The average molecular weight is 354 g/mol. The van der Waals surface area contributed by atoms with Gasteiger partial charge in [-0.05, 0) is 49.2 Å². The van der Waals surface area contributed by atoms with Gasteiger partial charge in [-0.1, -0.05) is 6.07 Å². The zero-order valence-electron chi connectivity index (χ0n) is 14.2. The summed E-state index contributed by atoms with van der Waals surface area (Å²) in [6.07, 6.45) is 3.66. The maximum Gasteiger partial charge on any atom is 0.260 e. The third-order valence-electron chi connectivity index (χ3n) is 4.73. The van der Waals surface area contributed by atoms with E-state index in [2.05, 4.69) is 10.2 Å². The Balaban J connectivity index is 1.33. The molecule has 7 heteroatoms. The predicted octanol–water partition coefficient (Wildman–Crippen LogP) is 2.65. The lowest BCUT2D eigenvalue weighted by Crippen LogP contribution is -2.40. The lowest BCUT2D eigenvalue weighted by Gasteiger charge is -2.31. The Kier molecular flexibility index (Phi) is 4.51. The molecule has 0 radical (unpaired) electrons. The standard InChI is InChI=1S/C19H19FN4O2/c20-15-4-6-16(7-5-15)26-13-18(25)23-11-8-14(9-12-23)19-22-21-17-3-1-2-10-24(17)19/h1-7,10,14H,8-9,11-13H2. The molecule has 0 aliphatic carbocycles. The number of benzene rings is 1. The van der Waals surface area contributed by atoms with E-state index in [4.69, 9.17) is 4.74 Å². The number of hydrogen-bond acceptors (Lipinski definition) is 4. The summed E-state index contributed by atoms with van der Waals surface area (Å²) in [6.45, 7) is 1.29. The molecule has 1 aromatic carbocycles. The number of ether oxygens (including phenoxy) is 1. The van der Waals surface area contributed by atoms with Gasteiger partial charge in [-0.15, -0.1) is 10.2 Å². The van der Waals surface area contributed by atoms with E-state index < -0.39 is 0 Å². The number of likely N-dealkylation sites (tertiary alicyclic amines) is 1. The first-order chi connectivity index (χ1) is 12.7. The summed E-state index contributed by atoms with van der Waals surface area (Å²) in [5.41, 5.74) is 0.841. The molecule has 1 fully saturated rings. The minimum absolute atomic E-state index is 0.0375. The number of carbonyl (C=O) groups is 1. The number of aromatic nitrogens is 3. The molecular weight excluding hydrogens is 335 g/mol. The van der Waals surface area contributed by atoms with Crippen LogP contribution in [0.15, 0.2) is 48.7 Å². The Bertz CT molecular complexity index is 901. The Hall–Kier alpha value is -2.96. The van der Waals surface area contributed by atoms with Crippen LogP contribution >= 0.6 is 0 Å². The predicted molar refractivity (Wildman–Crippen MR) is 93.4 cm³/mol. The van der Waals surface area contributed by atoms with E-state index in [9.17, 15) is 9.18 Å². The second-order valence-electron chi connectivity index (χ2n) is 6.38. The van der Waals surface area contributed by atoms with Crippen LogP contribution in [0.25, 0.3) is 5.65 Å². The van der Waals surface area contributed by atoms with E-state index in [0.29, 0.717) is 18.8 Å². The monoisotopic (exact) mass is 354 g/mol. The highest BCUT2D eigenvalue weighted by Crippen LogP contribution is 2.27. The van der Waals surface area contributed by atoms with Gasteiger partial charge in [0.25, 0.3) is 5.91 Å². The van der Waals surface area contributed by atoms with Crippen LogP contribution in [0.4, 0.5) is 4.39 Å². The van der Waals surface area contributed by atoms with Gasteiger partial charge in [0.1, 0.15) is 17.4 Å². The second-order valence-corrected chi connectivity index (χ2v) is 6.38. The molecule has 2 aromatic heterocycles. The van der Waals surface area contributed by atoms with Crippen molar-refractivity contribution >= 4 is 11.6 Å². The maximum atomic E-state index is 12.9. The molecule has 26 heavy (non-hydrogen) atoms. The Morgan fingerprint density at radius 3 is 2.65 bits per heavy atom. The fraction of sp³-hybridized carbons (Fsp3) is 0.316. The highest BCUT2D eigenvalue weighted by atomic mass is 19.1. The van der Waals surface area contributed by atoms with Gasteiger partial charge < -0.3 is 9.64 Å². The molecule has 0 spiro atoms. The normalized spacial score (nSPS) is 15.3. The van der Waals surface area contributed by atoms with Gasteiger partial charge in [0.05, 0.1) is 0 Å². The first kappa shape index (κ1) is 16.5. The van der Waals surface area contributed by atoms with Gasteiger partial charge in [0.2, 0.25) is 0 Å². The molecule has 0 atom stereocenters. The van der Waals surface area contributed by atoms with Crippen LogP contribution in [-0.4, -0.2) is 45.1 Å². The smallest absolute Gasteiger partial charge is 0.260 e. The summed E-state index contributed by atoms with van der Waals surface area (Å²) in [5, 5.41) is 8.53. The molecule has 1 aliphatic rings. The quantitative estimate of drug-likeness (QED) is 0.723. The van der Waals surface area contributed by atoms with Crippen LogP contribution in [0.2, 0.25) is 0 Å². The minimum atomic E-state index is -0.327. The van der Waals surface area contributed by atoms with Gasteiger partial charge in [-0.25, -0.2) is 4.39 Å². The van der Waals surface area contributed by atoms with E-state index in [-0.39, 0.29) is 24.2 Å². The zero-order chi connectivity index (χ0) is 17.9. The first-order valence-corrected chi connectivity index (χ1v) is 8.66. The number of nitrogens with zero attached hydrogens (tertiary/aromatic N) is 4. The fourth-order valence-electron chi connectivity index (χ4n) is 3.29. The summed E-state index contributed by atoms with van der Waals surface area (Å²) in [6, 6.07) is 11.5. The van der Waals surface area contributed by atoms with Gasteiger partial charge in [0, 0.05) is 25.2 Å². The van der Waals surface area contributed by atoms with Crippen LogP contribution in [0.1, 0.15) is 24.6 Å². The summed E-state index contributed by atoms with van der Waals surface area (Å²) < 4.78 is 20.3. The van der Waals surface area contributed by atoms with Crippen LogP contribution in [-0.2, 0) is 4.79 Å². The molecule has 1 amide bonds. The molecule has 3 aromatic rings. The van der Waals surface area contributed by atoms with Crippen molar-refractivity contribution in [2.75, 3.05) is 19.7 Å². The zero-order valence-corrected chi connectivity index (χ0v) is 14.2. The molecular formula is C19H19FN4O2. The maximum absolute atomic E-state index is 12.9. The van der Waals surface area contributed by atoms with Crippen molar-refractivity contribution in [3.63, 3.8) is 0 Å². The van der Waals surface area contributed by atoms with Crippen molar-refractivity contribution in [2.24, 2.45) is 0 Å². The number of carbonyl (C=O) groups excluding carboxylic acids is 1. The van der Waals surface area contributed by atoms with E-state index in [1.54, 1.807) is 0 Å². The number of halogens is 1. The topological polar surface area (TPSA) is 59.7 Å². The molecule has 0 N–H and O–H groups in total. The lowest BCUT2D eigenvalue weighted by molar-refractivity contribution is -0.134.